The predicted octanol–water partition coefficient (Wildman–Crippen LogP) is 1.76. The number of aliphatic hydroxyl groups excluding tert-OH is 1. The average molecular weight is 214 g/mol. The van der Waals surface area contributed by atoms with Crippen LogP contribution in [0.5, 0.6) is 0 Å². The van der Waals surface area contributed by atoms with Crippen molar-refractivity contribution in [2.75, 3.05) is 5.32 Å². The number of rotatable bonds is 5. The van der Waals surface area contributed by atoms with Gasteiger partial charge in [0.1, 0.15) is 0 Å². The molecule has 0 radical (unpaired) electrons. The lowest BCUT2D eigenvalue weighted by Gasteiger charge is -1.99. The fourth-order valence-corrected chi connectivity index (χ4v) is 1.67. The molecule has 0 atom stereocenters. The molecule has 0 aliphatic heterocycles. The van der Waals surface area contributed by atoms with Crippen molar-refractivity contribution in [1.29, 1.82) is 0 Å². The Morgan fingerprint density at radius 3 is 3.07 bits per heavy atom. The Bertz CT molecular complexity index is 299. The second kappa shape index (κ2) is 5.72. The molecule has 0 spiro atoms. The first-order chi connectivity index (χ1) is 6.76. The highest BCUT2D eigenvalue weighted by Gasteiger charge is 2.05. The third-order valence-corrected chi connectivity index (χ3v) is 2.52. The van der Waals surface area contributed by atoms with Gasteiger partial charge in [-0.15, -0.1) is 11.3 Å². The number of aliphatic hydroxyl groups is 1. The molecule has 0 aliphatic carbocycles. The van der Waals surface area contributed by atoms with Gasteiger partial charge in [0.05, 0.1) is 12.3 Å². The van der Waals surface area contributed by atoms with Crippen LogP contribution in [0.3, 0.4) is 0 Å². The Hall–Kier alpha value is -0.940. The molecule has 0 bridgehead atoms. The summed E-state index contributed by atoms with van der Waals surface area (Å²) in [5.41, 5.74) is 0.598. The van der Waals surface area contributed by atoms with Gasteiger partial charge in [0.15, 0.2) is 5.13 Å². The standard InChI is InChI=1S/C9H14N2O2S/c1-2-3-4-8(13)11-9-10-7(5-12)6-14-9/h6,12H,2-5H2,1H3,(H,10,11,13). The van der Waals surface area contributed by atoms with Gasteiger partial charge in [0.25, 0.3) is 0 Å². The maximum atomic E-state index is 11.3. The number of carbonyl (C=O) groups is 1. The van der Waals surface area contributed by atoms with Crippen molar-refractivity contribution in [3.8, 4) is 0 Å². The molecule has 0 fully saturated rings. The van der Waals surface area contributed by atoms with E-state index in [0.717, 1.165) is 12.8 Å². The smallest absolute Gasteiger partial charge is 0.226 e. The number of thiazole rings is 1. The van der Waals surface area contributed by atoms with Crippen molar-refractivity contribution in [2.24, 2.45) is 0 Å². The molecule has 1 aromatic rings. The van der Waals surface area contributed by atoms with Gasteiger partial charge in [0.2, 0.25) is 5.91 Å². The summed E-state index contributed by atoms with van der Waals surface area (Å²) in [4.78, 5) is 15.3. The fourth-order valence-electron chi connectivity index (χ4n) is 0.956. The van der Waals surface area contributed by atoms with Gasteiger partial charge in [-0.25, -0.2) is 4.98 Å². The molecule has 2 N–H and O–H groups in total. The Balaban J connectivity index is 2.39. The van der Waals surface area contributed by atoms with Crippen LogP contribution in [0.25, 0.3) is 0 Å². The number of amides is 1. The van der Waals surface area contributed by atoms with Crippen molar-refractivity contribution in [3.63, 3.8) is 0 Å². The number of anilines is 1. The summed E-state index contributed by atoms with van der Waals surface area (Å²) in [6.07, 6.45) is 2.43. The summed E-state index contributed by atoms with van der Waals surface area (Å²) in [6.45, 7) is 1.96. The zero-order valence-electron chi connectivity index (χ0n) is 8.12. The van der Waals surface area contributed by atoms with Crippen molar-refractivity contribution < 1.29 is 9.90 Å². The van der Waals surface area contributed by atoms with Crippen LogP contribution < -0.4 is 5.32 Å². The van der Waals surface area contributed by atoms with Gasteiger partial charge >= 0.3 is 0 Å². The molecule has 1 rings (SSSR count). The van der Waals surface area contributed by atoms with Crippen molar-refractivity contribution >= 4 is 22.4 Å². The summed E-state index contributed by atoms with van der Waals surface area (Å²) < 4.78 is 0. The number of hydrogen-bond donors (Lipinski definition) is 2. The Labute approximate surface area is 87.0 Å². The van der Waals surface area contributed by atoms with Crippen LogP contribution in [0.4, 0.5) is 5.13 Å². The topological polar surface area (TPSA) is 62.2 Å². The number of carbonyl (C=O) groups excluding carboxylic acids is 1. The van der Waals surface area contributed by atoms with Crippen LogP contribution in [0.1, 0.15) is 31.9 Å². The number of nitrogens with one attached hydrogen (secondary N) is 1. The lowest BCUT2D eigenvalue weighted by atomic mass is 10.2. The largest absolute Gasteiger partial charge is 0.390 e. The molecule has 14 heavy (non-hydrogen) atoms. The lowest BCUT2D eigenvalue weighted by Crippen LogP contribution is -2.10. The van der Waals surface area contributed by atoms with Gasteiger partial charge < -0.3 is 10.4 Å². The minimum Gasteiger partial charge on any atom is -0.390 e. The second-order valence-corrected chi connectivity index (χ2v) is 3.81. The van der Waals surface area contributed by atoms with Gasteiger partial charge in [-0.2, -0.15) is 0 Å². The molecule has 1 aromatic heterocycles. The van der Waals surface area contributed by atoms with E-state index in [2.05, 4.69) is 10.3 Å². The monoisotopic (exact) mass is 214 g/mol. The highest BCUT2D eigenvalue weighted by atomic mass is 32.1. The highest BCUT2D eigenvalue weighted by molar-refractivity contribution is 7.13. The maximum absolute atomic E-state index is 11.3. The van der Waals surface area contributed by atoms with Gasteiger partial charge in [0, 0.05) is 11.8 Å². The fraction of sp³-hybridized carbons (Fsp3) is 0.556. The number of nitrogens with zero attached hydrogens (tertiary/aromatic N) is 1. The summed E-state index contributed by atoms with van der Waals surface area (Å²) in [7, 11) is 0. The molecule has 0 aromatic carbocycles. The van der Waals surface area contributed by atoms with Crippen molar-refractivity contribution in [3.05, 3.63) is 11.1 Å². The molecule has 78 valence electrons. The molecule has 0 saturated carbocycles. The summed E-state index contributed by atoms with van der Waals surface area (Å²) in [5.74, 6) is -0.00862. The Kier molecular flexibility index (Phi) is 4.55. The molecule has 1 amide bonds. The van der Waals surface area contributed by atoms with E-state index < -0.39 is 0 Å². The quantitative estimate of drug-likeness (QED) is 0.785. The van der Waals surface area contributed by atoms with Crippen LogP contribution in [0.15, 0.2) is 5.38 Å². The third kappa shape index (κ3) is 3.43. The molecular weight excluding hydrogens is 200 g/mol. The molecule has 0 saturated heterocycles. The van der Waals surface area contributed by atoms with E-state index >= 15 is 0 Å². The minimum atomic E-state index is -0.0820. The number of aromatic nitrogens is 1. The summed E-state index contributed by atoms with van der Waals surface area (Å²) in [6, 6.07) is 0. The predicted molar refractivity (Wildman–Crippen MR) is 56.2 cm³/mol. The molecule has 0 aliphatic rings. The van der Waals surface area contributed by atoms with E-state index in [0.29, 0.717) is 17.2 Å². The minimum absolute atomic E-state index is 0.00862. The molecule has 1 heterocycles. The van der Waals surface area contributed by atoms with Crippen molar-refractivity contribution in [1.82, 2.24) is 4.98 Å². The zero-order chi connectivity index (χ0) is 10.4. The van der Waals surface area contributed by atoms with Crippen LogP contribution in [0, 0.1) is 0 Å². The second-order valence-electron chi connectivity index (χ2n) is 2.95. The van der Waals surface area contributed by atoms with Gasteiger partial charge in [-0.3, -0.25) is 4.79 Å². The normalized spacial score (nSPS) is 10.1. The van der Waals surface area contributed by atoms with Gasteiger partial charge in [-0.1, -0.05) is 13.3 Å². The first-order valence-electron chi connectivity index (χ1n) is 4.61. The molecular formula is C9H14N2O2S. The van der Waals surface area contributed by atoms with Crippen LogP contribution >= 0.6 is 11.3 Å². The zero-order valence-corrected chi connectivity index (χ0v) is 8.93. The van der Waals surface area contributed by atoms with Crippen LogP contribution in [0.2, 0.25) is 0 Å². The average Bonchev–Trinajstić information content (AvgIpc) is 2.62. The van der Waals surface area contributed by atoms with Crippen LogP contribution in [-0.4, -0.2) is 16.0 Å². The summed E-state index contributed by atoms with van der Waals surface area (Å²) in [5, 5.41) is 13.7. The van der Waals surface area contributed by atoms with E-state index in [-0.39, 0.29) is 12.5 Å². The highest BCUT2D eigenvalue weighted by Crippen LogP contribution is 2.15. The molecule has 4 nitrogen and oxygen atoms in total. The number of hydrogen-bond acceptors (Lipinski definition) is 4. The van der Waals surface area contributed by atoms with E-state index in [4.69, 9.17) is 5.11 Å². The molecule has 5 heteroatoms. The maximum Gasteiger partial charge on any atom is 0.226 e. The first-order valence-corrected chi connectivity index (χ1v) is 5.49. The first kappa shape index (κ1) is 11.1. The Morgan fingerprint density at radius 2 is 2.50 bits per heavy atom. The van der Waals surface area contributed by atoms with E-state index in [1.807, 2.05) is 6.92 Å². The van der Waals surface area contributed by atoms with Gasteiger partial charge in [-0.05, 0) is 6.42 Å². The van der Waals surface area contributed by atoms with Crippen LogP contribution in [-0.2, 0) is 11.4 Å². The van der Waals surface area contributed by atoms with E-state index in [1.165, 1.54) is 11.3 Å². The third-order valence-electron chi connectivity index (χ3n) is 1.72. The van der Waals surface area contributed by atoms with Crippen molar-refractivity contribution in [2.45, 2.75) is 32.8 Å². The molecule has 0 unspecified atom stereocenters. The Morgan fingerprint density at radius 1 is 1.71 bits per heavy atom. The van der Waals surface area contributed by atoms with E-state index in [1.54, 1.807) is 5.38 Å². The van der Waals surface area contributed by atoms with E-state index in [9.17, 15) is 4.79 Å². The SMILES string of the molecule is CCCCC(=O)Nc1nc(CO)cs1. The lowest BCUT2D eigenvalue weighted by molar-refractivity contribution is -0.116. The summed E-state index contributed by atoms with van der Waals surface area (Å²) >= 11 is 1.33. The number of unbranched alkanes of at least 4 members (excludes halogenated alkanes) is 1.